The predicted molar refractivity (Wildman–Crippen MR) is 85.7 cm³/mol. The Kier molecular flexibility index (Phi) is 3.90. The number of nitrogens with one attached hydrogen (secondary N) is 1. The summed E-state index contributed by atoms with van der Waals surface area (Å²) in [6.45, 7) is 0. The van der Waals surface area contributed by atoms with Crippen molar-refractivity contribution in [2.75, 3.05) is 14.2 Å². The standard InChI is InChI=1S/C17H16FNOS/c1-19-17(16-13(18)7-5-8-14(16)20-2)12-10-21-15-9-4-3-6-11(12)15/h3-10,17,19H,1-2H3. The first-order valence-corrected chi connectivity index (χ1v) is 7.60. The lowest BCUT2D eigenvalue weighted by Gasteiger charge is -2.20. The van der Waals surface area contributed by atoms with Gasteiger partial charge < -0.3 is 10.1 Å². The Labute approximate surface area is 127 Å². The molecule has 1 heterocycles. The number of ether oxygens (including phenoxy) is 1. The van der Waals surface area contributed by atoms with Gasteiger partial charge in [0.1, 0.15) is 11.6 Å². The van der Waals surface area contributed by atoms with Crippen LogP contribution < -0.4 is 10.1 Å². The number of hydrogen-bond donors (Lipinski definition) is 1. The Bertz CT molecular complexity index is 768. The molecule has 0 bridgehead atoms. The molecule has 0 saturated heterocycles. The normalized spacial score (nSPS) is 12.5. The lowest BCUT2D eigenvalue weighted by molar-refractivity contribution is 0.399. The summed E-state index contributed by atoms with van der Waals surface area (Å²) in [5.74, 6) is 0.300. The van der Waals surface area contributed by atoms with Crippen molar-refractivity contribution in [3.05, 3.63) is 64.8 Å². The van der Waals surface area contributed by atoms with Gasteiger partial charge in [0.15, 0.2) is 0 Å². The number of halogens is 1. The Balaban J connectivity index is 2.19. The molecule has 3 rings (SSSR count). The molecule has 0 radical (unpaired) electrons. The predicted octanol–water partition coefficient (Wildman–Crippen LogP) is 4.36. The minimum Gasteiger partial charge on any atom is -0.496 e. The van der Waals surface area contributed by atoms with Crippen molar-refractivity contribution < 1.29 is 9.13 Å². The van der Waals surface area contributed by atoms with Gasteiger partial charge in [-0.15, -0.1) is 11.3 Å². The van der Waals surface area contributed by atoms with E-state index in [4.69, 9.17) is 4.74 Å². The number of hydrogen-bond acceptors (Lipinski definition) is 3. The van der Waals surface area contributed by atoms with Gasteiger partial charge in [-0.2, -0.15) is 0 Å². The first-order chi connectivity index (χ1) is 10.3. The quantitative estimate of drug-likeness (QED) is 0.773. The fourth-order valence-corrected chi connectivity index (χ4v) is 3.64. The third kappa shape index (κ3) is 2.41. The molecule has 1 aromatic heterocycles. The second-order valence-electron chi connectivity index (χ2n) is 4.76. The Hall–Kier alpha value is -1.91. The number of thiophene rings is 1. The molecule has 108 valence electrons. The molecule has 0 aliphatic carbocycles. The van der Waals surface area contributed by atoms with Gasteiger partial charge >= 0.3 is 0 Å². The first-order valence-electron chi connectivity index (χ1n) is 6.72. The van der Waals surface area contributed by atoms with E-state index in [2.05, 4.69) is 22.8 Å². The molecule has 0 aliphatic heterocycles. The van der Waals surface area contributed by atoms with E-state index in [9.17, 15) is 4.39 Å². The Morgan fingerprint density at radius 1 is 1.14 bits per heavy atom. The minimum atomic E-state index is -0.260. The van der Waals surface area contributed by atoms with Crippen LogP contribution in [-0.4, -0.2) is 14.2 Å². The van der Waals surface area contributed by atoms with Gasteiger partial charge in [-0.1, -0.05) is 24.3 Å². The average molecular weight is 301 g/mol. The molecule has 0 saturated carbocycles. The molecule has 2 nitrogen and oxygen atoms in total. The molecule has 21 heavy (non-hydrogen) atoms. The first kappa shape index (κ1) is 14.0. The molecule has 0 amide bonds. The third-order valence-electron chi connectivity index (χ3n) is 3.63. The topological polar surface area (TPSA) is 21.3 Å². The summed E-state index contributed by atoms with van der Waals surface area (Å²) in [5.41, 5.74) is 1.62. The van der Waals surface area contributed by atoms with Crippen molar-refractivity contribution in [3.8, 4) is 5.75 Å². The van der Waals surface area contributed by atoms with Gasteiger partial charge in [-0.05, 0) is 41.6 Å². The molecule has 4 heteroatoms. The maximum atomic E-state index is 14.3. The second-order valence-corrected chi connectivity index (χ2v) is 5.68. The van der Waals surface area contributed by atoms with Gasteiger partial charge in [0.2, 0.25) is 0 Å². The van der Waals surface area contributed by atoms with Crippen molar-refractivity contribution in [1.29, 1.82) is 0 Å². The number of rotatable bonds is 4. The SMILES string of the molecule is CNC(c1c(F)cccc1OC)c1csc2ccccc12. The molecular formula is C17H16FNOS. The molecular weight excluding hydrogens is 285 g/mol. The maximum Gasteiger partial charge on any atom is 0.132 e. The summed E-state index contributed by atoms with van der Waals surface area (Å²) in [5, 5.41) is 6.44. The fourth-order valence-electron chi connectivity index (χ4n) is 2.65. The lowest BCUT2D eigenvalue weighted by Crippen LogP contribution is -2.19. The number of methoxy groups -OCH3 is 1. The largest absolute Gasteiger partial charge is 0.496 e. The second kappa shape index (κ2) is 5.84. The summed E-state index contributed by atoms with van der Waals surface area (Å²) in [6, 6.07) is 12.8. The van der Waals surface area contributed by atoms with Crippen molar-refractivity contribution in [2.45, 2.75) is 6.04 Å². The van der Waals surface area contributed by atoms with E-state index in [1.165, 1.54) is 10.8 Å². The monoisotopic (exact) mass is 301 g/mol. The summed E-state index contributed by atoms with van der Waals surface area (Å²) in [6.07, 6.45) is 0. The third-order valence-corrected chi connectivity index (χ3v) is 4.61. The highest BCUT2D eigenvalue weighted by Crippen LogP contribution is 2.37. The number of benzene rings is 2. The van der Waals surface area contributed by atoms with Crippen LogP contribution in [0.15, 0.2) is 47.8 Å². The van der Waals surface area contributed by atoms with Crippen LogP contribution in [-0.2, 0) is 0 Å². The molecule has 0 fully saturated rings. The van der Waals surface area contributed by atoms with Gasteiger partial charge in [-0.3, -0.25) is 0 Å². The molecule has 0 spiro atoms. The highest BCUT2D eigenvalue weighted by Gasteiger charge is 2.23. The molecule has 1 unspecified atom stereocenters. The van der Waals surface area contributed by atoms with Crippen LogP contribution in [0.4, 0.5) is 4.39 Å². The van der Waals surface area contributed by atoms with E-state index in [0.29, 0.717) is 11.3 Å². The van der Waals surface area contributed by atoms with Crippen molar-refractivity contribution in [2.24, 2.45) is 0 Å². The highest BCUT2D eigenvalue weighted by molar-refractivity contribution is 7.17. The van der Waals surface area contributed by atoms with Gasteiger partial charge in [-0.25, -0.2) is 4.39 Å². The lowest BCUT2D eigenvalue weighted by atomic mass is 9.97. The van der Waals surface area contributed by atoms with E-state index in [1.54, 1.807) is 30.6 Å². The van der Waals surface area contributed by atoms with Crippen molar-refractivity contribution in [1.82, 2.24) is 5.32 Å². The van der Waals surface area contributed by atoms with E-state index >= 15 is 0 Å². The van der Waals surface area contributed by atoms with Crippen LogP contribution in [0.5, 0.6) is 5.75 Å². The zero-order valence-electron chi connectivity index (χ0n) is 11.9. The van der Waals surface area contributed by atoms with Crippen LogP contribution in [0.3, 0.4) is 0 Å². The van der Waals surface area contributed by atoms with Gasteiger partial charge in [0.25, 0.3) is 0 Å². The van der Waals surface area contributed by atoms with E-state index in [0.717, 1.165) is 10.9 Å². The van der Waals surface area contributed by atoms with E-state index in [-0.39, 0.29) is 11.9 Å². The molecule has 0 aliphatic rings. The molecule has 1 N–H and O–H groups in total. The Morgan fingerprint density at radius 3 is 2.71 bits per heavy atom. The van der Waals surface area contributed by atoms with Crippen LogP contribution in [0.1, 0.15) is 17.2 Å². The zero-order chi connectivity index (χ0) is 14.8. The Morgan fingerprint density at radius 2 is 1.95 bits per heavy atom. The van der Waals surface area contributed by atoms with Crippen LogP contribution in [0, 0.1) is 5.82 Å². The number of fused-ring (bicyclic) bond motifs is 1. The average Bonchev–Trinajstić information content (AvgIpc) is 2.94. The van der Waals surface area contributed by atoms with Crippen LogP contribution in [0.2, 0.25) is 0 Å². The maximum absolute atomic E-state index is 14.3. The summed E-state index contributed by atoms with van der Waals surface area (Å²) >= 11 is 1.67. The van der Waals surface area contributed by atoms with Crippen molar-refractivity contribution in [3.63, 3.8) is 0 Å². The zero-order valence-corrected chi connectivity index (χ0v) is 12.7. The summed E-state index contributed by atoms with van der Waals surface area (Å²) in [7, 11) is 3.40. The minimum absolute atomic E-state index is 0.239. The van der Waals surface area contributed by atoms with Crippen LogP contribution in [0.25, 0.3) is 10.1 Å². The molecule has 3 aromatic rings. The highest BCUT2D eigenvalue weighted by atomic mass is 32.1. The van der Waals surface area contributed by atoms with E-state index < -0.39 is 0 Å². The summed E-state index contributed by atoms with van der Waals surface area (Å²) in [4.78, 5) is 0. The smallest absolute Gasteiger partial charge is 0.132 e. The van der Waals surface area contributed by atoms with Gasteiger partial charge in [0, 0.05) is 4.70 Å². The van der Waals surface area contributed by atoms with Crippen LogP contribution >= 0.6 is 11.3 Å². The fraction of sp³-hybridized carbons (Fsp3) is 0.176. The van der Waals surface area contributed by atoms with Crippen molar-refractivity contribution >= 4 is 21.4 Å². The van der Waals surface area contributed by atoms with E-state index in [1.807, 2.05) is 19.2 Å². The van der Waals surface area contributed by atoms with Gasteiger partial charge in [0.05, 0.1) is 18.7 Å². The molecule has 2 aromatic carbocycles. The summed E-state index contributed by atoms with van der Waals surface area (Å²) < 4.78 is 20.9. The molecule has 1 atom stereocenters.